The van der Waals surface area contributed by atoms with Gasteiger partial charge in [0, 0.05) is 0 Å². The molecule has 0 unspecified atom stereocenters. The first kappa shape index (κ1) is 16.5. The first-order chi connectivity index (χ1) is 9.82. The van der Waals surface area contributed by atoms with Gasteiger partial charge < -0.3 is 20.9 Å². The standard InChI is InChI=1S/C14H18N2O5/c1-8(2)12(14(19)20)16-11(17)7-21-10-6-4-3-5-9(10)13(15)18/h3-6,8,12H,7H2,1-2H3,(H2,15,18)(H,16,17)(H,19,20)/t12-/m0/s1. The Morgan fingerprint density at radius 1 is 1.29 bits per heavy atom. The van der Waals surface area contributed by atoms with Crippen LogP contribution in [0.2, 0.25) is 0 Å². The highest BCUT2D eigenvalue weighted by atomic mass is 16.5. The summed E-state index contributed by atoms with van der Waals surface area (Å²) in [7, 11) is 0. The molecule has 0 spiro atoms. The number of para-hydroxylation sites is 1. The van der Waals surface area contributed by atoms with Crippen molar-refractivity contribution >= 4 is 17.8 Å². The van der Waals surface area contributed by atoms with E-state index in [0.717, 1.165) is 0 Å². The first-order valence-electron chi connectivity index (χ1n) is 6.36. The quantitative estimate of drug-likeness (QED) is 0.672. The van der Waals surface area contributed by atoms with Crippen LogP contribution < -0.4 is 15.8 Å². The molecule has 0 saturated heterocycles. The number of benzene rings is 1. The second-order valence-corrected chi connectivity index (χ2v) is 4.78. The number of carboxylic acid groups (broad SMARTS) is 1. The van der Waals surface area contributed by atoms with Gasteiger partial charge in [0.25, 0.3) is 11.8 Å². The Kier molecular flexibility index (Phi) is 5.71. The van der Waals surface area contributed by atoms with Crippen LogP contribution in [0.25, 0.3) is 0 Å². The Labute approximate surface area is 122 Å². The number of nitrogens with one attached hydrogen (secondary N) is 1. The van der Waals surface area contributed by atoms with E-state index >= 15 is 0 Å². The van der Waals surface area contributed by atoms with Crippen LogP contribution in [0.1, 0.15) is 24.2 Å². The molecule has 1 aromatic rings. The predicted octanol–water partition coefficient (Wildman–Crippen LogP) is 0.390. The molecular formula is C14H18N2O5. The normalized spacial score (nSPS) is 11.8. The molecule has 7 heteroatoms. The fraction of sp³-hybridized carbons (Fsp3) is 0.357. The summed E-state index contributed by atoms with van der Waals surface area (Å²) >= 11 is 0. The maximum atomic E-state index is 11.7. The van der Waals surface area contributed by atoms with Crippen LogP contribution in [0.4, 0.5) is 0 Å². The highest BCUT2D eigenvalue weighted by Gasteiger charge is 2.23. The van der Waals surface area contributed by atoms with Gasteiger partial charge in [-0.05, 0) is 18.1 Å². The lowest BCUT2D eigenvalue weighted by Gasteiger charge is -2.18. The van der Waals surface area contributed by atoms with Crippen molar-refractivity contribution in [2.24, 2.45) is 11.7 Å². The van der Waals surface area contributed by atoms with Gasteiger partial charge in [-0.2, -0.15) is 0 Å². The van der Waals surface area contributed by atoms with Crippen LogP contribution in [-0.2, 0) is 9.59 Å². The molecule has 0 heterocycles. The third-order valence-corrected chi connectivity index (χ3v) is 2.76. The zero-order chi connectivity index (χ0) is 16.0. The van der Waals surface area contributed by atoms with Crippen molar-refractivity contribution in [3.63, 3.8) is 0 Å². The van der Waals surface area contributed by atoms with Gasteiger partial charge in [0.15, 0.2) is 6.61 Å². The van der Waals surface area contributed by atoms with Gasteiger partial charge in [-0.15, -0.1) is 0 Å². The molecule has 1 atom stereocenters. The van der Waals surface area contributed by atoms with Crippen molar-refractivity contribution in [1.29, 1.82) is 0 Å². The Morgan fingerprint density at radius 2 is 1.90 bits per heavy atom. The lowest BCUT2D eigenvalue weighted by Crippen LogP contribution is -2.46. The molecule has 114 valence electrons. The van der Waals surface area contributed by atoms with Gasteiger partial charge in [-0.1, -0.05) is 26.0 Å². The summed E-state index contributed by atoms with van der Waals surface area (Å²) in [6.07, 6.45) is 0. The maximum Gasteiger partial charge on any atom is 0.326 e. The van der Waals surface area contributed by atoms with E-state index in [1.807, 2.05) is 0 Å². The molecule has 1 rings (SSSR count). The SMILES string of the molecule is CC(C)[C@H](NC(=O)COc1ccccc1C(N)=O)C(=O)O. The molecule has 0 saturated carbocycles. The molecule has 0 aromatic heterocycles. The number of carbonyl (C=O) groups excluding carboxylic acids is 2. The number of carbonyl (C=O) groups is 3. The summed E-state index contributed by atoms with van der Waals surface area (Å²) in [5.41, 5.74) is 5.34. The topological polar surface area (TPSA) is 119 Å². The van der Waals surface area contributed by atoms with E-state index in [-0.39, 0.29) is 17.2 Å². The smallest absolute Gasteiger partial charge is 0.326 e. The monoisotopic (exact) mass is 294 g/mol. The van der Waals surface area contributed by atoms with Crippen LogP contribution in [0.3, 0.4) is 0 Å². The number of hydrogen-bond acceptors (Lipinski definition) is 4. The summed E-state index contributed by atoms with van der Waals surface area (Å²) in [4.78, 5) is 33.9. The molecule has 0 aliphatic carbocycles. The number of nitrogens with two attached hydrogens (primary N) is 1. The van der Waals surface area contributed by atoms with Crippen molar-refractivity contribution in [3.8, 4) is 5.75 Å². The van der Waals surface area contributed by atoms with Gasteiger partial charge >= 0.3 is 5.97 Å². The molecule has 0 fully saturated rings. The molecule has 0 bridgehead atoms. The van der Waals surface area contributed by atoms with Crippen molar-refractivity contribution in [2.75, 3.05) is 6.61 Å². The summed E-state index contributed by atoms with van der Waals surface area (Å²) < 4.78 is 5.21. The molecule has 0 aliphatic heterocycles. The van der Waals surface area contributed by atoms with E-state index in [1.165, 1.54) is 12.1 Å². The average Bonchev–Trinajstić information content (AvgIpc) is 2.42. The Bertz CT molecular complexity index is 542. The van der Waals surface area contributed by atoms with Crippen molar-refractivity contribution in [1.82, 2.24) is 5.32 Å². The fourth-order valence-corrected chi connectivity index (χ4v) is 1.67. The first-order valence-corrected chi connectivity index (χ1v) is 6.36. The maximum absolute atomic E-state index is 11.7. The fourth-order valence-electron chi connectivity index (χ4n) is 1.67. The Hall–Kier alpha value is -2.57. The van der Waals surface area contributed by atoms with Crippen LogP contribution in [-0.4, -0.2) is 35.5 Å². The third kappa shape index (κ3) is 4.79. The molecule has 1 aromatic carbocycles. The van der Waals surface area contributed by atoms with Gasteiger partial charge in [0.05, 0.1) is 5.56 Å². The zero-order valence-electron chi connectivity index (χ0n) is 11.8. The molecule has 21 heavy (non-hydrogen) atoms. The van der Waals surface area contributed by atoms with Crippen molar-refractivity contribution in [3.05, 3.63) is 29.8 Å². The molecule has 0 aliphatic rings. The second kappa shape index (κ2) is 7.28. The minimum absolute atomic E-state index is 0.156. The van der Waals surface area contributed by atoms with Gasteiger partial charge in [0.1, 0.15) is 11.8 Å². The number of aliphatic carboxylic acids is 1. The van der Waals surface area contributed by atoms with Crippen LogP contribution in [0.5, 0.6) is 5.75 Å². The Morgan fingerprint density at radius 3 is 2.43 bits per heavy atom. The molecular weight excluding hydrogens is 276 g/mol. The highest BCUT2D eigenvalue weighted by molar-refractivity contribution is 5.95. The van der Waals surface area contributed by atoms with E-state index in [4.69, 9.17) is 15.6 Å². The molecule has 2 amide bonds. The number of carboxylic acids is 1. The van der Waals surface area contributed by atoms with Crippen molar-refractivity contribution < 1.29 is 24.2 Å². The number of rotatable bonds is 7. The van der Waals surface area contributed by atoms with E-state index in [2.05, 4.69) is 5.32 Å². The van der Waals surface area contributed by atoms with E-state index < -0.39 is 30.4 Å². The Balaban J connectivity index is 2.65. The lowest BCUT2D eigenvalue weighted by molar-refractivity contribution is -0.143. The minimum atomic E-state index is -1.11. The highest BCUT2D eigenvalue weighted by Crippen LogP contribution is 2.16. The second-order valence-electron chi connectivity index (χ2n) is 4.78. The van der Waals surface area contributed by atoms with E-state index in [0.29, 0.717) is 0 Å². The van der Waals surface area contributed by atoms with Gasteiger partial charge in [0.2, 0.25) is 0 Å². The molecule has 0 radical (unpaired) electrons. The van der Waals surface area contributed by atoms with Crippen LogP contribution in [0, 0.1) is 5.92 Å². The lowest BCUT2D eigenvalue weighted by atomic mass is 10.1. The van der Waals surface area contributed by atoms with Crippen molar-refractivity contribution in [2.45, 2.75) is 19.9 Å². The zero-order valence-corrected chi connectivity index (χ0v) is 11.8. The number of amides is 2. The van der Waals surface area contributed by atoms with Gasteiger partial charge in [-0.3, -0.25) is 9.59 Å². The number of ether oxygens (including phenoxy) is 1. The van der Waals surface area contributed by atoms with Crippen LogP contribution >= 0.6 is 0 Å². The minimum Gasteiger partial charge on any atom is -0.483 e. The third-order valence-electron chi connectivity index (χ3n) is 2.76. The van der Waals surface area contributed by atoms with Gasteiger partial charge in [-0.25, -0.2) is 4.79 Å². The molecule has 7 nitrogen and oxygen atoms in total. The van der Waals surface area contributed by atoms with E-state index in [1.54, 1.807) is 26.0 Å². The summed E-state index contributed by atoms with van der Waals surface area (Å²) in [5, 5.41) is 11.3. The largest absolute Gasteiger partial charge is 0.483 e. The number of primary amides is 1. The summed E-state index contributed by atoms with van der Waals surface area (Å²) in [5.74, 6) is -2.45. The molecule has 4 N–H and O–H groups in total. The van der Waals surface area contributed by atoms with E-state index in [9.17, 15) is 14.4 Å². The average molecular weight is 294 g/mol. The summed E-state index contributed by atoms with van der Waals surface area (Å²) in [6, 6.07) is 5.24. The van der Waals surface area contributed by atoms with Crippen LogP contribution in [0.15, 0.2) is 24.3 Å². The number of hydrogen-bond donors (Lipinski definition) is 3. The predicted molar refractivity (Wildman–Crippen MR) is 74.9 cm³/mol. The summed E-state index contributed by atoms with van der Waals surface area (Å²) in [6.45, 7) is 2.96.